The second-order valence-corrected chi connectivity index (χ2v) is 6.12. The molecule has 2 aliphatic rings. The van der Waals surface area contributed by atoms with E-state index in [4.69, 9.17) is 14.2 Å². The van der Waals surface area contributed by atoms with Crippen LogP contribution in [-0.2, 0) is 20.8 Å². The molecule has 0 aliphatic carbocycles. The summed E-state index contributed by atoms with van der Waals surface area (Å²) in [6.45, 7) is 7.45. The number of hydrogen-bond donors (Lipinski definition) is 0. The molecular weight excluding hydrogens is 264 g/mol. The van der Waals surface area contributed by atoms with Crippen LogP contribution in [0.2, 0.25) is 0 Å². The molecule has 2 saturated heterocycles. The average molecular weight is 288 g/mol. The zero-order valence-electron chi connectivity index (χ0n) is 12.7. The molecule has 4 atom stereocenters. The van der Waals surface area contributed by atoms with Gasteiger partial charge in [0.1, 0.15) is 5.60 Å². The van der Waals surface area contributed by atoms with Gasteiger partial charge in [0.05, 0.1) is 24.9 Å². The van der Waals surface area contributed by atoms with Gasteiger partial charge in [-0.15, -0.1) is 6.58 Å². The highest BCUT2D eigenvalue weighted by Crippen LogP contribution is 2.37. The van der Waals surface area contributed by atoms with Crippen molar-refractivity contribution in [1.82, 2.24) is 0 Å². The first kappa shape index (κ1) is 14.8. The number of fused-ring (bicyclic) bond motifs is 1. The van der Waals surface area contributed by atoms with Gasteiger partial charge in [-0.3, -0.25) is 0 Å². The Morgan fingerprint density at radius 1 is 1.33 bits per heavy atom. The van der Waals surface area contributed by atoms with Gasteiger partial charge in [-0.05, 0) is 25.3 Å². The minimum Gasteiger partial charge on any atom is -0.375 e. The minimum atomic E-state index is -0.434. The predicted molar refractivity (Wildman–Crippen MR) is 82.1 cm³/mol. The molecule has 21 heavy (non-hydrogen) atoms. The molecule has 0 unspecified atom stereocenters. The van der Waals surface area contributed by atoms with Crippen LogP contribution in [0.4, 0.5) is 0 Å². The van der Waals surface area contributed by atoms with Crippen molar-refractivity contribution in [3.63, 3.8) is 0 Å². The van der Waals surface area contributed by atoms with Crippen molar-refractivity contribution in [2.24, 2.45) is 0 Å². The first-order valence-electron chi connectivity index (χ1n) is 7.80. The van der Waals surface area contributed by atoms with E-state index in [1.807, 2.05) is 24.3 Å². The Bertz CT molecular complexity index is 473. The molecule has 114 valence electrons. The lowest BCUT2D eigenvalue weighted by atomic mass is 9.86. The maximum atomic E-state index is 6.26. The van der Waals surface area contributed by atoms with Gasteiger partial charge < -0.3 is 14.2 Å². The van der Waals surface area contributed by atoms with E-state index in [0.717, 1.165) is 25.9 Å². The molecule has 0 bridgehead atoms. The fourth-order valence-corrected chi connectivity index (χ4v) is 3.20. The minimum absolute atomic E-state index is 0.0189. The van der Waals surface area contributed by atoms with Gasteiger partial charge in [0.2, 0.25) is 0 Å². The van der Waals surface area contributed by atoms with Crippen LogP contribution in [0.15, 0.2) is 43.0 Å². The Hall–Kier alpha value is -1.16. The molecule has 3 nitrogen and oxygen atoms in total. The Labute approximate surface area is 126 Å². The third-order valence-corrected chi connectivity index (χ3v) is 4.57. The normalized spacial score (nSPS) is 36.0. The lowest BCUT2D eigenvalue weighted by molar-refractivity contribution is -0.238. The first-order valence-corrected chi connectivity index (χ1v) is 7.80. The van der Waals surface area contributed by atoms with E-state index >= 15 is 0 Å². The summed E-state index contributed by atoms with van der Waals surface area (Å²) in [6, 6.07) is 10.2. The zero-order valence-corrected chi connectivity index (χ0v) is 12.7. The van der Waals surface area contributed by atoms with E-state index in [1.54, 1.807) is 0 Å². The summed E-state index contributed by atoms with van der Waals surface area (Å²) in [5.74, 6) is 0. The molecule has 3 rings (SSSR count). The van der Waals surface area contributed by atoms with Crippen molar-refractivity contribution < 1.29 is 14.2 Å². The highest BCUT2D eigenvalue weighted by atomic mass is 16.6. The summed E-state index contributed by atoms with van der Waals surface area (Å²) < 4.78 is 18.3. The van der Waals surface area contributed by atoms with Crippen molar-refractivity contribution in [2.45, 2.75) is 56.7 Å². The summed E-state index contributed by atoms with van der Waals surface area (Å²) in [6.07, 6.45) is 5.22. The Kier molecular flexibility index (Phi) is 4.43. The Morgan fingerprint density at radius 2 is 2.14 bits per heavy atom. The maximum absolute atomic E-state index is 6.26. The lowest BCUT2D eigenvalue weighted by Crippen LogP contribution is -2.56. The lowest BCUT2D eigenvalue weighted by Gasteiger charge is -2.48. The topological polar surface area (TPSA) is 27.7 Å². The van der Waals surface area contributed by atoms with Crippen LogP contribution in [0, 0.1) is 0 Å². The van der Waals surface area contributed by atoms with Gasteiger partial charge in [0, 0.05) is 13.0 Å². The fourth-order valence-electron chi connectivity index (χ4n) is 3.20. The Morgan fingerprint density at radius 3 is 2.90 bits per heavy atom. The van der Waals surface area contributed by atoms with Gasteiger partial charge in [0.25, 0.3) is 0 Å². The van der Waals surface area contributed by atoms with Crippen molar-refractivity contribution in [1.29, 1.82) is 0 Å². The van der Waals surface area contributed by atoms with E-state index in [2.05, 4.69) is 25.6 Å². The SMILES string of the molecule is C=C[C@]1(C)O[C@H]2CCCO[C@@H]2C[C@@H]1OCc1ccccc1. The smallest absolute Gasteiger partial charge is 0.110 e. The molecule has 0 N–H and O–H groups in total. The fraction of sp³-hybridized carbons (Fsp3) is 0.556. The molecule has 0 aromatic heterocycles. The highest BCUT2D eigenvalue weighted by Gasteiger charge is 2.46. The van der Waals surface area contributed by atoms with E-state index in [0.29, 0.717) is 6.61 Å². The van der Waals surface area contributed by atoms with Crippen LogP contribution < -0.4 is 0 Å². The second-order valence-electron chi connectivity index (χ2n) is 6.12. The zero-order chi connectivity index (χ0) is 14.7. The van der Waals surface area contributed by atoms with Gasteiger partial charge in [-0.25, -0.2) is 0 Å². The molecule has 1 aromatic carbocycles. The predicted octanol–water partition coefficient (Wildman–Crippen LogP) is 3.48. The summed E-state index contributed by atoms with van der Waals surface area (Å²) in [4.78, 5) is 0. The molecule has 0 amide bonds. The van der Waals surface area contributed by atoms with E-state index in [-0.39, 0.29) is 18.3 Å². The van der Waals surface area contributed by atoms with Gasteiger partial charge in [-0.2, -0.15) is 0 Å². The van der Waals surface area contributed by atoms with Crippen LogP contribution in [0.5, 0.6) is 0 Å². The van der Waals surface area contributed by atoms with Crippen molar-refractivity contribution in [2.75, 3.05) is 6.61 Å². The summed E-state index contributed by atoms with van der Waals surface area (Å²) in [7, 11) is 0. The van der Waals surface area contributed by atoms with Gasteiger partial charge in [-0.1, -0.05) is 36.4 Å². The average Bonchev–Trinajstić information content (AvgIpc) is 2.54. The van der Waals surface area contributed by atoms with Crippen molar-refractivity contribution in [3.8, 4) is 0 Å². The quantitative estimate of drug-likeness (QED) is 0.794. The maximum Gasteiger partial charge on any atom is 0.110 e. The van der Waals surface area contributed by atoms with E-state index in [9.17, 15) is 0 Å². The summed E-state index contributed by atoms with van der Waals surface area (Å²) in [5, 5.41) is 0. The van der Waals surface area contributed by atoms with Crippen LogP contribution in [-0.4, -0.2) is 30.5 Å². The number of rotatable bonds is 4. The highest BCUT2D eigenvalue weighted by molar-refractivity contribution is 5.14. The third kappa shape index (κ3) is 3.20. The molecule has 0 spiro atoms. The summed E-state index contributed by atoms with van der Waals surface area (Å²) >= 11 is 0. The number of ether oxygens (including phenoxy) is 3. The molecular formula is C18H24O3. The number of hydrogen-bond acceptors (Lipinski definition) is 3. The first-order chi connectivity index (χ1) is 10.2. The van der Waals surface area contributed by atoms with Crippen LogP contribution in [0.25, 0.3) is 0 Å². The van der Waals surface area contributed by atoms with E-state index < -0.39 is 5.60 Å². The van der Waals surface area contributed by atoms with E-state index in [1.165, 1.54) is 5.56 Å². The molecule has 1 aromatic rings. The van der Waals surface area contributed by atoms with Crippen LogP contribution in [0.1, 0.15) is 31.7 Å². The standard InChI is InChI=1S/C18H24O3/c1-3-18(2)17(20-13-14-8-5-4-6-9-14)12-16-15(21-18)10-7-11-19-16/h3-6,8-9,15-17H,1,7,10-13H2,2H3/t15-,16+,17-,18-/m0/s1. The van der Waals surface area contributed by atoms with Crippen molar-refractivity contribution >= 4 is 0 Å². The molecule has 0 radical (unpaired) electrons. The van der Waals surface area contributed by atoms with Crippen LogP contribution >= 0.6 is 0 Å². The summed E-state index contributed by atoms with van der Waals surface area (Å²) in [5.41, 5.74) is 0.743. The Balaban J connectivity index is 1.68. The number of benzene rings is 1. The molecule has 0 saturated carbocycles. The van der Waals surface area contributed by atoms with Gasteiger partial charge in [0.15, 0.2) is 0 Å². The molecule has 2 fully saturated rings. The largest absolute Gasteiger partial charge is 0.375 e. The molecule has 2 heterocycles. The van der Waals surface area contributed by atoms with Gasteiger partial charge >= 0.3 is 0 Å². The van der Waals surface area contributed by atoms with Crippen molar-refractivity contribution in [3.05, 3.63) is 48.6 Å². The molecule has 2 aliphatic heterocycles. The second kappa shape index (κ2) is 6.30. The monoisotopic (exact) mass is 288 g/mol. The third-order valence-electron chi connectivity index (χ3n) is 4.57. The molecule has 3 heteroatoms. The van der Waals surface area contributed by atoms with Crippen LogP contribution in [0.3, 0.4) is 0 Å².